The number of rotatable bonds is 3. The molecule has 0 fully saturated rings. The number of anilines is 1. The van der Waals surface area contributed by atoms with E-state index in [9.17, 15) is 4.79 Å². The highest BCUT2D eigenvalue weighted by Crippen LogP contribution is 2.19. The number of hydrogen-bond donors (Lipinski definition) is 1. The summed E-state index contributed by atoms with van der Waals surface area (Å²) in [6, 6.07) is 3.71. The highest BCUT2D eigenvalue weighted by atomic mass is 16.1. The predicted molar refractivity (Wildman–Crippen MR) is 78.8 cm³/mol. The minimum absolute atomic E-state index is 0.00543. The van der Waals surface area contributed by atoms with Crippen LogP contribution in [0.5, 0.6) is 0 Å². The molecule has 20 heavy (non-hydrogen) atoms. The molecule has 0 saturated carbocycles. The lowest BCUT2D eigenvalue weighted by Gasteiger charge is -2.17. The molecule has 0 saturated heterocycles. The van der Waals surface area contributed by atoms with Crippen molar-refractivity contribution in [3.63, 3.8) is 0 Å². The van der Waals surface area contributed by atoms with E-state index in [4.69, 9.17) is 0 Å². The Bertz CT molecular complexity index is 593. The number of amides is 1. The molecule has 0 radical (unpaired) electrons. The van der Waals surface area contributed by atoms with Gasteiger partial charge in [-0.05, 0) is 24.5 Å². The first-order valence-corrected chi connectivity index (χ1v) is 6.61. The second-order valence-corrected chi connectivity index (χ2v) is 6.04. The van der Waals surface area contributed by atoms with Gasteiger partial charge in [0.05, 0.1) is 11.9 Å². The fourth-order valence-electron chi connectivity index (χ4n) is 1.91. The van der Waals surface area contributed by atoms with Gasteiger partial charge < -0.3 is 5.32 Å². The largest absolute Gasteiger partial charge is 0.325 e. The van der Waals surface area contributed by atoms with Crippen molar-refractivity contribution in [2.45, 2.75) is 34.1 Å². The van der Waals surface area contributed by atoms with Gasteiger partial charge in [0.2, 0.25) is 5.91 Å². The Kier molecular flexibility index (Phi) is 3.88. The predicted octanol–water partition coefficient (Wildman–Crippen LogP) is 2.95. The van der Waals surface area contributed by atoms with Crippen LogP contribution in [0.15, 0.2) is 30.7 Å². The Morgan fingerprint density at radius 1 is 1.30 bits per heavy atom. The van der Waals surface area contributed by atoms with Crippen LogP contribution in [-0.2, 0) is 4.79 Å². The Morgan fingerprint density at radius 2 is 2.05 bits per heavy atom. The maximum atomic E-state index is 11.8. The summed E-state index contributed by atoms with van der Waals surface area (Å²) in [5.74, 6) is 1.67. The molecule has 0 aromatic carbocycles. The van der Waals surface area contributed by atoms with E-state index in [-0.39, 0.29) is 11.3 Å². The first kappa shape index (κ1) is 14.2. The Morgan fingerprint density at radius 3 is 2.55 bits per heavy atom. The topological polar surface area (TPSA) is 59.8 Å². The first-order valence-electron chi connectivity index (χ1n) is 6.61. The van der Waals surface area contributed by atoms with E-state index in [0.717, 1.165) is 11.6 Å². The Labute approximate surface area is 119 Å². The van der Waals surface area contributed by atoms with E-state index in [1.807, 2.05) is 50.6 Å². The molecule has 5 heteroatoms. The molecule has 5 nitrogen and oxygen atoms in total. The zero-order valence-corrected chi connectivity index (χ0v) is 12.3. The van der Waals surface area contributed by atoms with E-state index in [2.05, 4.69) is 15.3 Å². The van der Waals surface area contributed by atoms with Gasteiger partial charge >= 0.3 is 0 Å². The molecule has 0 aliphatic heterocycles. The zero-order chi connectivity index (χ0) is 14.8. The van der Waals surface area contributed by atoms with Gasteiger partial charge in [0, 0.05) is 18.8 Å². The number of carbonyl (C=O) groups is 1. The van der Waals surface area contributed by atoms with Crippen molar-refractivity contribution >= 4 is 11.6 Å². The fourth-order valence-corrected chi connectivity index (χ4v) is 1.91. The van der Waals surface area contributed by atoms with Crippen molar-refractivity contribution in [3.8, 4) is 5.82 Å². The van der Waals surface area contributed by atoms with E-state index >= 15 is 0 Å². The normalized spacial score (nSPS) is 11.4. The molecule has 0 aliphatic rings. The van der Waals surface area contributed by atoms with Gasteiger partial charge in [-0.25, -0.2) is 9.97 Å². The molecule has 0 atom stereocenters. The Balaban J connectivity index is 2.06. The van der Waals surface area contributed by atoms with Crippen LogP contribution in [0.3, 0.4) is 0 Å². The first-order chi connectivity index (χ1) is 9.35. The molecular formula is C15H20N4O. The summed E-state index contributed by atoms with van der Waals surface area (Å²) in [6.45, 7) is 8.03. The number of aryl methyl sites for hydroxylation is 1. The van der Waals surface area contributed by atoms with Crippen molar-refractivity contribution in [2.24, 2.45) is 5.41 Å². The molecule has 2 aromatic heterocycles. The van der Waals surface area contributed by atoms with E-state index in [1.54, 1.807) is 12.4 Å². The number of hydrogen-bond acceptors (Lipinski definition) is 3. The van der Waals surface area contributed by atoms with E-state index in [0.29, 0.717) is 12.1 Å². The van der Waals surface area contributed by atoms with Gasteiger partial charge in [-0.3, -0.25) is 9.36 Å². The number of imidazole rings is 1. The van der Waals surface area contributed by atoms with Crippen molar-refractivity contribution < 1.29 is 4.79 Å². The number of nitrogens with one attached hydrogen (secondary N) is 1. The molecule has 0 unspecified atom stereocenters. The van der Waals surface area contributed by atoms with Crippen LogP contribution in [0.25, 0.3) is 5.82 Å². The molecular weight excluding hydrogens is 252 g/mol. The summed E-state index contributed by atoms with van der Waals surface area (Å²) >= 11 is 0. The highest BCUT2D eigenvalue weighted by Gasteiger charge is 2.16. The smallest absolute Gasteiger partial charge is 0.224 e. The molecule has 1 amide bonds. The van der Waals surface area contributed by atoms with Crippen LogP contribution >= 0.6 is 0 Å². The molecule has 2 aromatic rings. The van der Waals surface area contributed by atoms with E-state index < -0.39 is 0 Å². The monoisotopic (exact) mass is 272 g/mol. The summed E-state index contributed by atoms with van der Waals surface area (Å²) < 4.78 is 1.89. The van der Waals surface area contributed by atoms with Gasteiger partial charge in [0.15, 0.2) is 0 Å². The van der Waals surface area contributed by atoms with Crippen LogP contribution in [0, 0.1) is 12.3 Å². The van der Waals surface area contributed by atoms with Gasteiger partial charge in [-0.15, -0.1) is 0 Å². The molecule has 2 heterocycles. The SMILES string of the molecule is Cc1nccn1-c1ccc(NC(=O)CC(C)(C)C)cn1. The summed E-state index contributed by atoms with van der Waals surface area (Å²) in [5, 5.41) is 2.86. The minimum Gasteiger partial charge on any atom is -0.325 e. The lowest BCUT2D eigenvalue weighted by Crippen LogP contribution is -2.19. The maximum Gasteiger partial charge on any atom is 0.224 e. The zero-order valence-electron chi connectivity index (χ0n) is 12.3. The standard InChI is InChI=1S/C15H20N4O/c1-11-16-7-8-19(11)13-6-5-12(10-17-13)18-14(20)9-15(2,3)4/h5-8,10H,9H2,1-4H3,(H,18,20). The lowest BCUT2D eigenvalue weighted by atomic mass is 9.92. The quantitative estimate of drug-likeness (QED) is 0.934. The highest BCUT2D eigenvalue weighted by molar-refractivity contribution is 5.90. The van der Waals surface area contributed by atoms with Gasteiger partial charge in [-0.1, -0.05) is 20.8 Å². The summed E-state index contributed by atoms with van der Waals surface area (Å²) in [4.78, 5) is 20.3. The third kappa shape index (κ3) is 3.66. The van der Waals surface area contributed by atoms with Crippen LogP contribution < -0.4 is 5.32 Å². The van der Waals surface area contributed by atoms with Crippen LogP contribution in [0.4, 0.5) is 5.69 Å². The van der Waals surface area contributed by atoms with Gasteiger partial charge in [0.1, 0.15) is 11.6 Å². The van der Waals surface area contributed by atoms with Crippen LogP contribution in [-0.4, -0.2) is 20.4 Å². The number of pyridine rings is 1. The number of aromatic nitrogens is 3. The van der Waals surface area contributed by atoms with E-state index in [1.165, 1.54) is 0 Å². The Hall–Kier alpha value is -2.17. The minimum atomic E-state index is -0.0224. The molecule has 0 spiro atoms. The van der Waals surface area contributed by atoms with Gasteiger partial charge in [-0.2, -0.15) is 0 Å². The molecule has 1 N–H and O–H groups in total. The molecule has 106 valence electrons. The second-order valence-electron chi connectivity index (χ2n) is 6.04. The fraction of sp³-hybridized carbons (Fsp3) is 0.400. The molecule has 2 rings (SSSR count). The molecule has 0 bridgehead atoms. The van der Waals surface area contributed by atoms with Crippen LogP contribution in [0.1, 0.15) is 33.0 Å². The van der Waals surface area contributed by atoms with Crippen molar-refractivity contribution in [1.82, 2.24) is 14.5 Å². The summed E-state index contributed by atoms with van der Waals surface area (Å²) in [7, 11) is 0. The third-order valence-corrected chi connectivity index (χ3v) is 2.80. The maximum absolute atomic E-state index is 11.8. The number of carbonyl (C=O) groups excluding carboxylic acids is 1. The van der Waals surface area contributed by atoms with Crippen LogP contribution in [0.2, 0.25) is 0 Å². The van der Waals surface area contributed by atoms with Crippen molar-refractivity contribution in [1.29, 1.82) is 0 Å². The van der Waals surface area contributed by atoms with Crippen molar-refractivity contribution in [2.75, 3.05) is 5.32 Å². The average Bonchev–Trinajstić information content (AvgIpc) is 2.74. The third-order valence-electron chi connectivity index (χ3n) is 2.80. The number of nitrogens with zero attached hydrogens (tertiary/aromatic N) is 3. The van der Waals surface area contributed by atoms with Crippen molar-refractivity contribution in [3.05, 3.63) is 36.5 Å². The molecule has 0 aliphatic carbocycles. The average molecular weight is 272 g/mol. The second kappa shape index (κ2) is 5.45. The summed E-state index contributed by atoms with van der Waals surface area (Å²) in [5.41, 5.74) is 0.687. The summed E-state index contributed by atoms with van der Waals surface area (Å²) in [6.07, 6.45) is 5.73. The van der Waals surface area contributed by atoms with Gasteiger partial charge in [0.25, 0.3) is 0 Å². The lowest BCUT2D eigenvalue weighted by molar-refractivity contribution is -0.117.